The van der Waals surface area contributed by atoms with E-state index in [9.17, 15) is 9.59 Å². The SMILES string of the molecule is CCCC(NC(=O)c1nc(N2CCCC2)ncc1Cl)C(=O)N1CCc2sccc2C1. The van der Waals surface area contributed by atoms with Gasteiger partial charge in [0.15, 0.2) is 5.69 Å². The molecule has 1 saturated heterocycles. The van der Waals surface area contributed by atoms with E-state index >= 15 is 0 Å². The van der Waals surface area contributed by atoms with Gasteiger partial charge in [0.2, 0.25) is 11.9 Å². The average molecular weight is 448 g/mol. The highest BCUT2D eigenvalue weighted by Crippen LogP contribution is 2.25. The Morgan fingerprint density at radius 2 is 2.10 bits per heavy atom. The molecule has 7 nitrogen and oxygen atoms in total. The van der Waals surface area contributed by atoms with Gasteiger partial charge in [-0.1, -0.05) is 24.9 Å². The van der Waals surface area contributed by atoms with Gasteiger partial charge in [-0.05, 0) is 42.7 Å². The number of hydrogen-bond acceptors (Lipinski definition) is 6. The predicted octanol–water partition coefficient (Wildman–Crippen LogP) is 3.28. The molecule has 1 unspecified atom stereocenters. The van der Waals surface area contributed by atoms with Crippen LogP contribution >= 0.6 is 22.9 Å². The van der Waals surface area contributed by atoms with Crippen molar-refractivity contribution in [2.24, 2.45) is 0 Å². The molecule has 0 aromatic carbocycles. The number of thiophene rings is 1. The third kappa shape index (κ3) is 4.44. The van der Waals surface area contributed by atoms with Crippen LogP contribution in [-0.2, 0) is 17.8 Å². The maximum absolute atomic E-state index is 13.2. The van der Waals surface area contributed by atoms with Crippen molar-refractivity contribution in [3.8, 4) is 0 Å². The third-order valence-corrected chi connectivity index (χ3v) is 6.94. The quantitative estimate of drug-likeness (QED) is 0.735. The van der Waals surface area contributed by atoms with E-state index in [2.05, 4.69) is 26.7 Å². The fraction of sp³-hybridized carbons (Fsp3) is 0.524. The molecule has 2 aromatic rings. The zero-order valence-corrected chi connectivity index (χ0v) is 18.6. The monoisotopic (exact) mass is 447 g/mol. The van der Waals surface area contributed by atoms with Crippen molar-refractivity contribution in [2.75, 3.05) is 24.5 Å². The molecule has 2 aliphatic heterocycles. The van der Waals surface area contributed by atoms with E-state index in [0.717, 1.165) is 38.8 Å². The van der Waals surface area contributed by atoms with Crippen molar-refractivity contribution in [1.29, 1.82) is 0 Å². The van der Waals surface area contributed by atoms with Crippen LogP contribution in [0.2, 0.25) is 5.02 Å². The number of rotatable bonds is 6. The van der Waals surface area contributed by atoms with Crippen molar-refractivity contribution in [1.82, 2.24) is 20.2 Å². The predicted molar refractivity (Wildman–Crippen MR) is 118 cm³/mol. The molecule has 0 spiro atoms. The van der Waals surface area contributed by atoms with Crippen LogP contribution in [0, 0.1) is 0 Å². The van der Waals surface area contributed by atoms with E-state index in [1.165, 1.54) is 16.6 Å². The summed E-state index contributed by atoms with van der Waals surface area (Å²) in [6, 6.07) is 1.48. The molecule has 4 rings (SSSR count). The number of aromatic nitrogens is 2. The molecular formula is C21H26ClN5O2S. The van der Waals surface area contributed by atoms with E-state index in [4.69, 9.17) is 11.6 Å². The van der Waals surface area contributed by atoms with E-state index < -0.39 is 11.9 Å². The van der Waals surface area contributed by atoms with Crippen LogP contribution in [0.4, 0.5) is 5.95 Å². The first-order valence-electron chi connectivity index (χ1n) is 10.5. The molecule has 1 N–H and O–H groups in total. The minimum absolute atomic E-state index is 0.0491. The van der Waals surface area contributed by atoms with Crippen LogP contribution in [0.3, 0.4) is 0 Å². The third-order valence-electron chi connectivity index (χ3n) is 5.64. The Balaban J connectivity index is 1.48. The van der Waals surface area contributed by atoms with Gasteiger partial charge in [0.25, 0.3) is 5.91 Å². The van der Waals surface area contributed by atoms with Crippen molar-refractivity contribution >= 4 is 40.7 Å². The highest BCUT2D eigenvalue weighted by Gasteiger charge is 2.30. The van der Waals surface area contributed by atoms with Crippen LogP contribution in [0.1, 0.15) is 53.5 Å². The second kappa shape index (κ2) is 9.31. The Labute approximate surface area is 185 Å². The number of amides is 2. The van der Waals surface area contributed by atoms with Gasteiger partial charge in [0.05, 0.1) is 11.2 Å². The lowest BCUT2D eigenvalue weighted by Crippen LogP contribution is -2.49. The highest BCUT2D eigenvalue weighted by atomic mass is 35.5. The smallest absolute Gasteiger partial charge is 0.272 e. The second-order valence-electron chi connectivity index (χ2n) is 7.75. The van der Waals surface area contributed by atoms with E-state index in [1.807, 2.05) is 16.7 Å². The van der Waals surface area contributed by atoms with Crippen LogP contribution in [-0.4, -0.2) is 52.4 Å². The van der Waals surface area contributed by atoms with Crippen LogP contribution in [0.15, 0.2) is 17.6 Å². The summed E-state index contributed by atoms with van der Waals surface area (Å²) in [5.41, 5.74) is 1.33. The Kier molecular flexibility index (Phi) is 6.53. The van der Waals surface area contributed by atoms with Crippen molar-refractivity contribution in [2.45, 2.75) is 51.6 Å². The summed E-state index contributed by atoms with van der Waals surface area (Å²) < 4.78 is 0. The van der Waals surface area contributed by atoms with Gasteiger partial charge in [-0.15, -0.1) is 11.3 Å². The number of nitrogens with zero attached hydrogens (tertiary/aromatic N) is 4. The topological polar surface area (TPSA) is 78.4 Å². The lowest BCUT2D eigenvalue weighted by molar-refractivity contribution is -0.134. The molecule has 2 amide bonds. The average Bonchev–Trinajstić information content (AvgIpc) is 3.44. The molecule has 9 heteroatoms. The standard InChI is InChI=1S/C21H26ClN5O2S/c1-2-5-16(20(29)27-10-6-17-14(13-27)7-11-30-17)24-19(28)18-15(22)12-23-21(25-18)26-8-3-4-9-26/h7,11-12,16H,2-6,8-10,13H2,1H3,(H,24,28). The van der Waals surface area contributed by atoms with Crippen LogP contribution in [0.5, 0.6) is 0 Å². The summed E-state index contributed by atoms with van der Waals surface area (Å²) in [6.07, 6.45) is 5.85. The number of carbonyl (C=O) groups excluding carboxylic acids is 2. The van der Waals surface area contributed by atoms with Gasteiger partial charge in [-0.25, -0.2) is 9.97 Å². The lowest BCUT2D eigenvalue weighted by atomic mass is 10.1. The molecule has 2 aliphatic rings. The van der Waals surface area contributed by atoms with Gasteiger partial charge in [-0.2, -0.15) is 0 Å². The normalized spacial score (nSPS) is 17.0. The molecule has 0 radical (unpaired) electrons. The second-order valence-corrected chi connectivity index (χ2v) is 9.16. The molecule has 0 bridgehead atoms. The molecular weight excluding hydrogens is 422 g/mol. The molecule has 2 aromatic heterocycles. The first kappa shape index (κ1) is 21.1. The number of fused-ring (bicyclic) bond motifs is 1. The molecule has 160 valence electrons. The summed E-state index contributed by atoms with van der Waals surface area (Å²) in [5, 5.41) is 5.15. The largest absolute Gasteiger partial charge is 0.341 e. The van der Waals surface area contributed by atoms with Crippen LogP contribution in [0.25, 0.3) is 0 Å². The zero-order chi connectivity index (χ0) is 21.1. The van der Waals surface area contributed by atoms with Gasteiger partial charge >= 0.3 is 0 Å². The molecule has 1 atom stereocenters. The summed E-state index contributed by atoms with van der Waals surface area (Å²) in [4.78, 5) is 40.1. The van der Waals surface area contributed by atoms with Crippen LogP contribution < -0.4 is 10.2 Å². The zero-order valence-electron chi connectivity index (χ0n) is 17.1. The Morgan fingerprint density at radius 3 is 2.87 bits per heavy atom. The number of anilines is 1. The maximum atomic E-state index is 13.2. The van der Waals surface area contributed by atoms with Gasteiger partial charge in [-0.3, -0.25) is 9.59 Å². The number of halogens is 1. The Morgan fingerprint density at radius 1 is 1.30 bits per heavy atom. The lowest BCUT2D eigenvalue weighted by Gasteiger charge is -2.31. The minimum atomic E-state index is -0.594. The van der Waals surface area contributed by atoms with Crippen molar-refractivity contribution in [3.63, 3.8) is 0 Å². The van der Waals surface area contributed by atoms with E-state index in [0.29, 0.717) is 25.5 Å². The molecule has 30 heavy (non-hydrogen) atoms. The van der Waals surface area contributed by atoms with Gasteiger partial charge in [0, 0.05) is 31.1 Å². The first-order valence-corrected chi connectivity index (χ1v) is 11.7. The maximum Gasteiger partial charge on any atom is 0.272 e. The molecule has 0 saturated carbocycles. The Bertz CT molecular complexity index is 928. The van der Waals surface area contributed by atoms with E-state index in [1.54, 1.807) is 11.3 Å². The molecule has 0 aliphatic carbocycles. The summed E-state index contributed by atoms with van der Waals surface area (Å²) >= 11 is 7.97. The van der Waals surface area contributed by atoms with Gasteiger partial charge < -0.3 is 15.1 Å². The minimum Gasteiger partial charge on any atom is -0.341 e. The summed E-state index contributed by atoms with van der Waals surface area (Å²) in [5.74, 6) is 0.0382. The van der Waals surface area contributed by atoms with E-state index in [-0.39, 0.29) is 16.6 Å². The first-order chi connectivity index (χ1) is 14.6. The summed E-state index contributed by atoms with van der Waals surface area (Å²) in [7, 11) is 0. The van der Waals surface area contributed by atoms with Crippen molar-refractivity contribution < 1.29 is 9.59 Å². The summed E-state index contributed by atoms with van der Waals surface area (Å²) in [6.45, 7) is 5.03. The Hall–Kier alpha value is -2.19. The van der Waals surface area contributed by atoms with Gasteiger partial charge in [0.1, 0.15) is 6.04 Å². The molecule has 4 heterocycles. The number of carbonyl (C=O) groups is 2. The molecule has 1 fully saturated rings. The highest BCUT2D eigenvalue weighted by molar-refractivity contribution is 7.10. The fourth-order valence-corrected chi connectivity index (χ4v) is 5.08. The fourth-order valence-electron chi connectivity index (χ4n) is 4.02. The van der Waals surface area contributed by atoms with Crippen molar-refractivity contribution in [3.05, 3.63) is 38.8 Å². The number of nitrogens with one attached hydrogen (secondary N) is 1. The number of hydrogen-bond donors (Lipinski definition) is 1.